The molecule has 0 spiro atoms. The Balaban J connectivity index is 1.29. The van der Waals surface area contributed by atoms with Crippen molar-refractivity contribution in [1.29, 1.82) is 0 Å². The van der Waals surface area contributed by atoms with Crippen molar-refractivity contribution in [3.63, 3.8) is 0 Å². The molecule has 7 heteroatoms. The smallest absolute Gasteiger partial charge is 0.303 e. The number of nitrogens with zero attached hydrogens (tertiary/aromatic N) is 3. The van der Waals surface area contributed by atoms with E-state index in [1.807, 2.05) is 30.1 Å². The van der Waals surface area contributed by atoms with Crippen molar-refractivity contribution in [1.82, 2.24) is 14.5 Å². The minimum absolute atomic E-state index is 0.271. The van der Waals surface area contributed by atoms with Crippen LogP contribution >= 0.6 is 11.8 Å². The van der Waals surface area contributed by atoms with E-state index in [0.29, 0.717) is 11.8 Å². The summed E-state index contributed by atoms with van der Waals surface area (Å²) in [5.74, 6) is 2.36. The van der Waals surface area contributed by atoms with Crippen molar-refractivity contribution in [3.8, 4) is 5.75 Å². The summed E-state index contributed by atoms with van der Waals surface area (Å²) in [6.45, 7) is 3.25. The van der Waals surface area contributed by atoms with Crippen LogP contribution in [0.4, 0.5) is 0 Å². The summed E-state index contributed by atoms with van der Waals surface area (Å²) in [6.07, 6.45) is 10.6. The van der Waals surface area contributed by atoms with Gasteiger partial charge in [0.1, 0.15) is 5.75 Å². The molecular weight excluding hydrogens is 470 g/mol. The second kappa shape index (κ2) is 13.2. The van der Waals surface area contributed by atoms with Gasteiger partial charge in [0.25, 0.3) is 0 Å². The lowest BCUT2D eigenvalue weighted by Gasteiger charge is -2.39. The Bertz CT molecular complexity index is 1130. The summed E-state index contributed by atoms with van der Waals surface area (Å²) in [5.41, 5.74) is 2.32. The minimum Gasteiger partial charge on any atom is -0.497 e. The summed E-state index contributed by atoms with van der Waals surface area (Å²) < 4.78 is 7.59. The molecule has 0 aliphatic carbocycles. The highest BCUT2D eigenvalue weighted by Crippen LogP contribution is 2.32. The summed E-state index contributed by atoms with van der Waals surface area (Å²) in [6, 6.07) is 12.5. The number of fused-ring (bicyclic) bond motifs is 1. The Morgan fingerprint density at radius 2 is 2.08 bits per heavy atom. The molecule has 1 aromatic carbocycles. The molecule has 1 fully saturated rings. The summed E-state index contributed by atoms with van der Waals surface area (Å²) in [7, 11) is 3.79. The van der Waals surface area contributed by atoms with Gasteiger partial charge in [0.05, 0.1) is 17.7 Å². The first-order chi connectivity index (χ1) is 17.5. The highest BCUT2D eigenvalue weighted by atomic mass is 32.2. The maximum absolute atomic E-state index is 11.3. The number of likely N-dealkylation sites (tertiary alicyclic amines) is 1. The predicted octanol–water partition coefficient (Wildman–Crippen LogP) is 5.89. The van der Waals surface area contributed by atoms with Gasteiger partial charge in [-0.3, -0.25) is 9.78 Å². The average molecular weight is 510 g/mol. The molecule has 1 aliphatic heterocycles. The van der Waals surface area contributed by atoms with Crippen molar-refractivity contribution < 1.29 is 14.6 Å². The number of hydrogen-bond acceptors (Lipinski definition) is 5. The second-order valence-electron chi connectivity index (χ2n) is 9.95. The van der Waals surface area contributed by atoms with Crippen molar-refractivity contribution in [2.24, 2.45) is 18.9 Å². The van der Waals surface area contributed by atoms with Crippen LogP contribution in [-0.4, -0.2) is 58.0 Å². The van der Waals surface area contributed by atoms with Crippen molar-refractivity contribution in [3.05, 3.63) is 54.4 Å². The van der Waals surface area contributed by atoms with E-state index < -0.39 is 5.97 Å². The molecule has 0 saturated carbocycles. The van der Waals surface area contributed by atoms with E-state index >= 15 is 0 Å². The summed E-state index contributed by atoms with van der Waals surface area (Å²) >= 11 is 1.92. The van der Waals surface area contributed by atoms with E-state index in [-0.39, 0.29) is 6.42 Å². The molecule has 1 aliphatic rings. The summed E-state index contributed by atoms with van der Waals surface area (Å²) in [4.78, 5) is 18.4. The van der Waals surface area contributed by atoms with Crippen LogP contribution < -0.4 is 4.74 Å². The van der Waals surface area contributed by atoms with Gasteiger partial charge >= 0.3 is 5.97 Å². The molecule has 2 atom stereocenters. The van der Waals surface area contributed by atoms with E-state index in [4.69, 9.17) is 4.74 Å². The maximum atomic E-state index is 11.3. The number of methoxy groups -OCH3 is 1. The number of benzene rings is 1. The number of aryl methyl sites for hydroxylation is 2. The van der Waals surface area contributed by atoms with E-state index in [1.165, 1.54) is 22.4 Å². The molecule has 194 valence electrons. The fourth-order valence-electron chi connectivity index (χ4n) is 5.52. The van der Waals surface area contributed by atoms with Crippen LogP contribution in [0.15, 0.2) is 53.8 Å². The van der Waals surface area contributed by atoms with Gasteiger partial charge in [-0.25, -0.2) is 0 Å². The Kier molecular flexibility index (Phi) is 9.70. The number of carboxylic acid groups (broad SMARTS) is 1. The van der Waals surface area contributed by atoms with E-state index in [0.717, 1.165) is 68.8 Å². The molecule has 36 heavy (non-hydrogen) atoms. The molecule has 3 heterocycles. The molecule has 1 N–H and O–H groups in total. The first-order valence-electron chi connectivity index (χ1n) is 13.1. The lowest BCUT2D eigenvalue weighted by Crippen LogP contribution is -2.41. The molecule has 2 aromatic heterocycles. The number of carboxylic acids is 1. The normalized spacial score (nSPS) is 18.5. The third-order valence-corrected chi connectivity index (χ3v) is 8.74. The lowest BCUT2D eigenvalue weighted by molar-refractivity contribution is -0.137. The van der Waals surface area contributed by atoms with Gasteiger partial charge in [-0.1, -0.05) is 0 Å². The zero-order chi connectivity index (χ0) is 25.3. The molecule has 6 nitrogen and oxygen atoms in total. The number of thioether (sulfide) groups is 1. The number of hydrogen-bond donors (Lipinski definition) is 1. The van der Waals surface area contributed by atoms with Gasteiger partial charge in [0, 0.05) is 43.5 Å². The lowest BCUT2D eigenvalue weighted by atomic mass is 9.79. The zero-order valence-corrected chi connectivity index (χ0v) is 22.4. The van der Waals surface area contributed by atoms with Crippen LogP contribution in [0, 0.1) is 11.8 Å². The SMILES string of the molecule is COc1ccc2nccc(CCCC3CCN(CCCSc4cccn4C)CC3CCC(=O)O)c2c1. The third kappa shape index (κ3) is 7.26. The Hall–Kier alpha value is -2.51. The second-order valence-corrected chi connectivity index (χ2v) is 11.1. The standard InChI is InChI=1S/C29H39N3O3S/c1-31-16-4-8-28(31)36-19-5-17-32-18-14-22(24(21-32)9-12-29(33)34)6-3-7-23-13-15-30-27-11-10-25(35-2)20-26(23)27/h4,8,10-11,13,15-16,20,22,24H,3,5-7,9,12,14,17-19,21H2,1-2H3,(H,33,34). The number of rotatable bonds is 13. The van der Waals surface area contributed by atoms with Crippen LogP contribution in [0.5, 0.6) is 5.75 Å². The average Bonchev–Trinajstić information content (AvgIpc) is 3.30. The Morgan fingerprint density at radius 1 is 1.19 bits per heavy atom. The highest BCUT2D eigenvalue weighted by molar-refractivity contribution is 7.99. The van der Waals surface area contributed by atoms with Gasteiger partial charge in [-0.05, 0) is 105 Å². The number of ether oxygens (including phenoxy) is 1. The number of piperidine rings is 1. The van der Waals surface area contributed by atoms with E-state index in [9.17, 15) is 9.90 Å². The first-order valence-corrected chi connectivity index (χ1v) is 14.1. The van der Waals surface area contributed by atoms with Crippen LogP contribution in [0.3, 0.4) is 0 Å². The molecule has 0 amide bonds. The van der Waals surface area contributed by atoms with E-state index in [2.05, 4.69) is 52.0 Å². The molecule has 4 rings (SSSR count). The van der Waals surface area contributed by atoms with Crippen molar-refractivity contribution in [2.75, 3.05) is 32.5 Å². The quantitative estimate of drug-likeness (QED) is 0.229. The zero-order valence-electron chi connectivity index (χ0n) is 21.6. The van der Waals surface area contributed by atoms with Gasteiger partial charge in [-0.2, -0.15) is 0 Å². The number of pyridine rings is 1. The highest BCUT2D eigenvalue weighted by Gasteiger charge is 2.29. The fraction of sp³-hybridized carbons (Fsp3) is 0.517. The predicted molar refractivity (Wildman–Crippen MR) is 147 cm³/mol. The van der Waals surface area contributed by atoms with Gasteiger partial charge in [0.2, 0.25) is 0 Å². The molecule has 2 unspecified atom stereocenters. The summed E-state index contributed by atoms with van der Waals surface area (Å²) in [5, 5.41) is 11.8. The van der Waals surface area contributed by atoms with Crippen LogP contribution in [-0.2, 0) is 18.3 Å². The maximum Gasteiger partial charge on any atom is 0.303 e. The molecule has 0 radical (unpaired) electrons. The topological polar surface area (TPSA) is 67.6 Å². The minimum atomic E-state index is -0.679. The first kappa shape index (κ1) is 26.6. The van der Waals surface area contributed by atoms with Crippen molar-refractivity contribution >= 4 is 28.6 Å². The molecular formula is C29H39N3O3S. The molecule has 1 saturated heterocycles. The Morgan fingerprint density at radius 3 is 2.86 bits per heavy atom. The van der Waals surface area contributed by atoms with Crippen LogP contribution in [0.25, 0.3) is 10.9 Å². The van der Waals surface area contributed by atoms with Gasteiger partial charge in [-0.15, -0.1) is 11.8 Å². The molecule has 3 aromatic rings. The number of aromatic nitrogens is 2. The van der Waals surface area contributed by atoms with Crippen LogP contribution in [0.2, 0.25) is 0 Å². The number of aliphatic carboxylic acids is 1. The monoisotopic (exact) mass is 509 g/mol. The molecule has 0 bridgehead atoms. The van der Waals surface area contributed by atoms with Crippen molar-refractivity contribution in [2.45, 2.75) is 50.0 Å². The van der Waals surface area contributed by atoms with Gasteiger partial charge in [0.15, 0.2) is 0 Å². The fourth-order valence-corrected chi connectivity index (χ4v) is 6.44. The Labute approximate surface area is 219 Å². The van der Waals surface area contributed by atoms with Crippen LogP contribution in [0.1, 0.15) is 44.1 Å². The van der Waals surface area contributed by atoms with Gasteiger partial charge < -0.3 is 19.3 Å². The van der Waals surface area contributed by atoms with E-state index in [1.54, 1.807) is 7.11 Å². The largest absolute Gasteiger partial charge is 0.497 e. The third-order valence-electron chi connectivity index (χ3n) is 7.53. The number of carbonyl (C=O) groups is 1.